The van der Waals surface area contributed by atoms with Crippen molar-refractivity contribution in [2.45, 2.75) is 51.3 Å². The van der Waals surface area contributed by atoms with E-state index in [9.17, 15) is 20.0 Å². The first kappa shape index (κ1) is 21.9. The largest absolute Gasteiger partial charge is 0.761 e. The molecule has 1 amide bonds. The molecule has 0 aliphatic heterocycles. The summed E-state index contributed by atoms with van der Waals surface area (Å²) in [6, 6.07) is 7.33. The number of alkyl carbamates (subject to hydrolysis) is 1. The van der Waals surface area contributed by atoms with Crippen molar-refractivity contribution in [2.24, 2.45) is 5.92 Å². The number of hydroxylamine groups is 2. The molecule has 1 aromatic carbocycles. The zero-order chi connectivity index (χ0) is 20.9. The molecule has 0 aromatic heterocycles. The van der Waals surface area contributed by atoms with Crippen LogP contribution in [-0.2, 0) is 19.8 Å². The molecule has 8 heteroatoms. The molecule has 0 spiro atoms. The number of nitrogens with one attached hydrogen (secondary N) is 1. The fraction of sp³-hybridized carbons (Fsp3) is 0.500. The molecule has 0 saturated heterocycles. The number of allylic oxidation sites excluding steroid dienone is 1. The molecule has 8 nitrogen and oxygen atoms in total. The SMILES string of the molecule is CCOC(=O)C1CC=CC(NC(=O)OC(C)(C)C)C1(c1ccccc1)N([O-])O. The Labute approximate surface area is 164 Å². The number of hydrogen-bond acceptors (Lipinski definition) is 7. The Balaban J connectivity index is 2.54. The summed E-state index contributed by atoms with van der Waals surface area (Å²) in [6.07, 6.45) is 2.65. The van der Waals surface area contributed by atoms with E-state index < -0.39 is 35.2 Å². The summed E-state index contributed by atoms with van der Waals surface area (Å²) in [5.41, 5.74) is -2.19. The zero-order valence-corrected chi connectivity index (χ0v) is 16.5. The number of carbonyl (C=O) groups is 2. The van der Waals surface area contributed by atoms with E-state index in [1.165, 1.54) is 0 Å². The van der Waals surface area contributed by atoms with Gasteiger partial charge >= 0.3 is 12.1 Å². The van der Waals surface area contributed by atoms with Gasteiger partial charge in [-0.15, -0.1) is 0 Å². The number of hydrogen-bond donors (Lipinski definition) is 2. The van der Waals surface area contributed by atoms with E-state index in [0.29, 0.717) is 5.56 Å². The van der Waals surface area contributed by atoms with Crippen LogP contribution in [0, 0.1) is 11.1 Å². The Morgan fingerprint density at radius 1 is 1.32 bits per heavy atom. The number of benzene rings is 1. The van der Waals surface area contributed by atoms with Crippen molar-refractivity contribution in [3.63, 3.8) is 0 Å². The topological polar surface area (TPSA) is 111 Å². The molecule has 0 fully saturated rings. The van der Waals surface area contributed by atoms with Gasteiger partial charge in [0.2, 0.25) is 0 Å². The number of nitrogens with zero attached hydrogens (tertiary/aromatic N) is 1. The van der Waals surface area contributed by atoms with Crippen LogP contribution in [0.1, 0.15) is 39.7 Å². The van der Waals surface area contributed by atoms with Gasteiger partial charge in [0.1, 0.15) is 5.60 Å². The lowest BCUT2D eigenvalue weighted by Crippen LogP contribution is -2.63. The van der Waals surface area contributed by atoms with Crippen LogP contribution in [0.3, 0.4) is 0 Å². The fourth-order valence-corrected chi connectivity index (χ4v) is 3.45. The van der Waals surface area contributed by atoms with Gasteiger partial charge in [-0.1, -0.05) is 42.5 Å². The quantitative estimate of drug-likeness (QED) is 0.451. The summed E-state index contributed by atoms with van der Waals surface area (Å²) < 4.78 is 10.4. The van der Waals surface area contributed by atoms with Crippen LogP contribution in [0.4, 0.5) is 4.79 Å². The van der Waals surface area contributed by atoms with E-state index in [1.54, 1.807) is 70.2 Å². The molecule has 0 saturated carbocycles. The Hall–Kier alpha value is -2.42. The van der Waals surface area contributed by atoms with Crippen LogP contribution in [0.5, 0.6) is 0 Å². The summed E-state index contributed by atoms with van der Waals surface area (Å²) in [6.45, 7) is 6.91. The average Bonchev–Trinajstić information content (AvgIpc) is 2.60. The number of rotatable bonds is 5. The van der Waals surface area contributed by atoms with Crippen LogP contribution in [0.15, 0.2) is 42.5 Å². The minimum absolute atomic E-state index is 0.123. The molecular weight excluding hydrogens is 364 g/mol. The summed E-state index contributed by atoms with van der Waals surface area (Å²) in [5.74, 6) is -1.68. The zero-order valence-electron chi connectivity index (χ0n) is 16.5. The Kier molecular flexibility index (Phi) is 6.82. The summed E-state index contributed by atoms with van der Waals surface area (Å²) >= 11 is 0. The number of amides is 1. The first-order valence-corrected chi connectivity index (χ1v) is 9.17. The number of ether oxygens (including phenoxy) is 2. The molecule has 2 N–H and O–H groups in total. The van der Waals surface area contributed by atoms with Gasteiger partial charge in [-0.3, -0.25) is 10.0 Å². The fourth-order valence-electron chi connectivity index (χ4n) is 3.45. The van der Waals surface area contributed by atoms with E-state index in [1.807, 2.05) is 0 Å². The van der Waals surface area contributed by atoms with Crippen LogP contribution in [-0.4, -0.2) is 40.7 Å². The first-order chi connectivity index (χ1) is 13.1. The lowest BCUT2D eigenvalue weighted by atomic mass is 9.68. The molecule has 3 unspecified atom stereocenters. The molecule has 0 radical (unpaired) electrons. The molecular formula is C20H27N2O6-. The van der Waals surface area contributed by atoms with Crippen LogP contribution in [0.2, 0.25) is 0 Å². The van der Waals surface area contributed by atoms with Crippen molar-refractivity contribution in [3.8, 4) is 0 Å². The highest BCUT2D eigenvalue weighted by Crippen LogP contribution is 2.44. The lowest BCUT2D eigenvalue weighted by molar-refractivity contribution is -0.188. The second-order valence-electron chi connectivity index (χ2n) is 7.56. The highest BCUT2D eigenvalue weighted by Gasteiger charge is 2.53. The minimum Gasteiger partial charge on any atom is -0.761 e. The van der Waals surface area contributed by atoms with Crippen LogP contribution >= 0.6 is 0 Å². The first-order valence-electron chi connectivity index (χ1n) is 9.17. The average molecular weight is 391 g/mol. The summed E-state index contributed by atoms with van der Waals surface area (Å²) in [4.78, 5) is 25.1. The maximum atomic E-state index is 12.7. The third-order valence-corrected chi connectivity index (χ3v) is 4.50. The predicted molar refractivity (Wildman–Crippen MR) is 102 cm³/mol. The number of esters is 1. The second-order valence-corrected chi connectivity index (χ2v) is 7.56. The molecule has 1 aliphatic rings. The maximum absolute atomic E-state index is 12.7. The molecule has 2 rings (SSSR count). The third kappa shape index (κ3) is 4.52. The smallest absolute Gasteiger partial charge is 0.408 e. The van der Waals surface area contributed by atoms with Gasteiger partial charge in [-0.05, 0) is 39.7 Å². The third-order valence-electron chi connectivity index (χ3n) is 4.50. The standard InChI is InChI=1S/C20H27N2O6/c1-5-27-17(23)15-12-9-13-16(21-18(24)28-19(2,3)4)20(15,22(25)26)14-10-7-6-8-11-14/h6-11,13,15-16,25H,5,12H2,1-4H3,(H,21,24)/q-1. The van der Waals surface area contributed by atoms with E-state index in [2.05, 4.69) is 5.32 Å². The molecule has 1 aromatic rings. The van der Waals surface area contributed by atoms with E-state index in [0.717, 1.165) is 0 Å². The highest BCUT2D eigenvalue weighted by molar-refractivity contribution is 5.76. The Morgan fingerprint density at radius 2 is 1.96 bits per heavy atom. The van der Waals surface area contributed by atoms with Crippen molar-refractivity contribution in [1.29, 1.82) is 0 Å². The van der Waals surface area contributed by atoms with Crippen molar-refractivity contribution < 1.29 is 24.3 Å². The predicted octanol–water partition coefficient (Wildman–Crippen LogP) is 3.10. The molecule has 28 heavy (non-hydrogen) atoms. The molecule has 0 bridgehead atoms. The molecule has 154 valence electrons. The molecule has 1 aliphatic carbocycles. The van der Waals surface area contributed by atoms with Gasteiger partial charge in [-0.2, -0.15) is 0 Å². The minimum atomic E-state index is -1.81. The summed E-state index contributed by atoms with van der Waals surface area (Å²) in [5, 5.41) is 25.1. The van der Waals surface area contributed by atoms with Crippen LogP contribution in [0.25, 0.3) is 0 Å². The van der Waals surface area contributed by atoms with Gasteiger partial charge in [0.15, 0.2) is 0 Å². The van der Waals surface area contributed by atoms with Crippen LogP contribution < -0.4 is 5.32 Å². The van der Waals surface area contributed by atoms with Gasteiger partial charge in [0.05, 0.1) is 24.1 Å². The van der Waals surface area contributed by atoms with Crippen molar-refractivity contribution >= 4 is 12.1 Å². The van der Waals surface area contributed by atoms with Crippen molar-refractivity contribution in [1.82, 2.24) is 10.5 Å². The maximum Gasteiger partial charge on any atom is 0.408 e. The lowest BCUT2D eigenvalue weighted by Gasteiger charge is -2.53. The Bertz CT molecular complexity index is 713. The monoisotopic (exact) mass is 391 g/mol. The highest BCUT2D eigenvalue weighted by atomic mass is 16.8. The Morgan fingerprint density at radius 3 is 2.50 bits per heavy atom. The number of carbonyl (C=O) groups excluding carboxylic acids is 2. The van der Waals surface area contributed by atoms with E-state index in [-0.39, 0.29) is 18.3 Å². The normalized spacial score (nSPS) is 24.7. The van der Waals surface area contributed by atoms with Gasteiger partial charge in [-0.25, -0.2) is 4.79 Å². The molecule has 3 atom stereocenters. The van der Waals surface area contributed by atoms with Gasteiger partial charge in [0, 0.05) is 0 Å². The molecule has 0 heterocycles. The summed E-state index contributed by atoms with van der Waals surface area (Å²) in [7, 11) is 0. The van der Waals surface area contributed by atoms with E-state index >= 15 is 0 Å². The van der Waals surface area contributed by atoms with Crippen molar-refractivity contribution in [2.75, 3.05) is 6.61 Å². The van der Waals surface area contributed by atoms with Gasteiger partial charge < -0.3 is 25.2 Å². The van der Waals surface area contributed by atoms with E-state index in [4.69, 9.17) is 9.47 Å². The van der Waals surface area contributed by atoms with Crippen molar-refractivity contribution in [3.05, 3.63) is 53.3 Å². The van der Waals surface area contributed by atoms with Gasteiger partial charge in [0.25, 0.3) is 0 Å². The second kappa shape index (κ2) is 8.72.